The molecule has 0 aliphatic rings. The molecule has 2 N–H and O–H groups in total. The Morgan fingerprint density at radius 1 is 1.23 bits per heavy atom. The van der Waals surface area contributed by atoms with Crippen molar-refractivity contribution in [2.45, 2.75) is 0 Å². The summed E-state index contributed by atoms with van der Waals surface area (Å²) in [7, 11) is 0. The molecule has 0 bridgehead atoms. The molecule has 3 aromatic heterocycles. The minimum Gasteiger partial charge on any atom is -0.464 e. The molecule has 0 saturated carbocycles. The summed E-state index contributed by atoms with van der Waals surface area (Å²) in [6.45, 7) is 0. The summed E-state index contributed by atoms with van der Waals surface area (Å²) in [5, 5.41) is 23.6. The van der Waals surface area contributed by atoms with Crippen molar-refractivity contribution >= 4 is 22.8 Å². The Morgan fingerprint density at radius 2 is 2.09 bits per heavy atom. The summed E-state index contributed by atoms with van der Waals surface area (Å²) in [4.78, 5) is 23.7. The Labute approximate surface area is 121 Å². The third-order valence-corrected chi connectivity index (χ3v) is 3.37. The highest BCUT2D eigenvalue weighted by molar-refractivity contribution is 5.85. The molecule has 0 aliphatic heterocycles. The second kappa shape index (κ2) is 4.25. The second-order valence-corrected chi connectivity index (χ2v) is 4.63. The number of nitrogens with one attached hydrogen (secondary N) is 1. The smallest absolute Gasteiger partial charge is 0.417 e. The van der Waals surface area contributed by atoms with Crippen molar-refractivity contribution in [2.75, 3.05) is 0 Å². The van der Waals surface area contributed by atoms with Gasteiger partial charge in [0.2, 0.25) is 0 Å². The van der Waals surface area contributed by atoms with Gasteiger partial charge in [0.1, 0.15) is 11.2 Å². The van der Waals surface area contributed by atoms with Gasteiger partial charge in [-0.15, -0.1) is 5.10 Å². The molecule has 9 heteroatoms. The van der Waals surface area contributed by atoms with Crippen molar-refractivity contribution in [3.63, 3.8) is 0 Å². The lowest BCUT2D eigenvalue weighted by Crippen LogP contribution is -2.22. The molecule has 0 saturated heterocycles. The largest absolute Gasteiger partial charge is 0.464 e. The average Bonchev–Trinajstić information content (AvgIpc) is 3.14. The molecule has 9 nitrogen and oxygen atoms in total. The van der Waals surface area contributed by atoms with Crippen LogP contribution < -0.4 is 5.56 Å². The SMILES string of the molecule is O=C(O)n1c(-c2ccc3[nH]nnc3c2)cc(=O)n2nccc12. The molecular weight excluding hydrogens is 288 g/mol. The maximum Gasteiger partial charge on any atom is 0.417 e. The number of aromatic nitrogens is 6. The maximum absolute atomic E-state index is 12.1. The van der Waals surface area contributed by atoms with E-state index in [4.69, 9.17) is 0 Å². The minimum atomic E-state index is -1.21. The lowest BCUT2D eigenvalue weighted by molar-refractivity contribution is 0.197. The molecule has 0 radical (unpaired) electrons. The first-order valence-electron chi connectivity index (χ1n) is 6.29. The minimum absolute atomic E-state index is 0.176. The van der Waals surface area contributed by atoms with Gasteiger partial charge < -0.3 is 5.11 Å². The number of hydrogen-bond acceptors (Lipinski definition) is 5. The number of hydrogen-bond donors (Lipinski definition) is 2. The van der Waals surface area contributed by atoms with Gasteiger partial charge in [-0.25, -0.2) is 9.36 Å². The van der Waals surface area contributed by atoms with Crippen LogP contribution in [-0.4, -0.2) is 40.8 Å². The van der Waals surface area contributed by atoms with Gasteiger partial charge in [0.05, 0.1) is 17.4 Å². The average molecular weight is 296 g/mol. The van der Waals surface area contributed by atoms with E-state index >= 15 is 0 Å². The number of aromatic amines is 1. The number of nitrogens with zero attached hydrogens (tertiary/aromatic N) is 5. The van der Waals surface area contributed by atoms with E-state index in [1.165, 1.54) is 18.3 Å². The van der Waals surface area contributed by atoms with Crippen LogP contribution in [0.5, 0.6) is 0 Å². The first kappa shape index (κ1) is 12.3. The van der Waals surface area contributed by atoms with Gasteiger partial charge in [-0.3, -0.25) is 9.89 Å². The van der Waals surface area contributed by atoms with Gasteiger partial charge in [-0.05, 0) is 12.1 Å². The Bertz CT molecular complexity index is 1090. The summed E-state index contributed by atoms with van der Waals surface area (Å²) in [6.07, 6.45) is 0.168. The van der Waals surface area contributed by atoms with Crippen molar-refractivity contribution in [1.29, 1.82) is 0 Å². The van der Waals surface area contributed by atoms with Crippen LogP contribution in [0.2, 0.25) is 0 Å². The normalized spacial score (nSPS) is 11.3. The van der Waals surface area contributed by atoms with E-state index in [2.05, 4.69) is 20.5 Å². The molecule has 0 fully saturated rings. The number of fused-ring (bicyclic) bond motifs is 2. The number of carboxylic acid groups (broad SMARTS) is 1. The lowest BCUT2D eigenvalue weighted by atomic mass is 10.1. The van der Waals surface area contributed by atoms with Crippen molar-refractivity contribution in [3.05, 3.63) is 46.9 Å². The van der Waals surface area contributed by atoms with E-state index in [0.717, 1.165) is 14.6 Å². The van der Waals surface area contributed by atoms with Crippen LogP contribution in [0.4, 0.5) is 4.79 Å². The van der Waals surface area contributed by atoms with Crippen LogP contribution in [0.25, 0.3) is 27.9 Å². The summed E-state index contributed by atoms with van der Waals surface area (Å²) in [6, 6.07) is 7.79. The van der Waals surface area contributed by atoms with Gasteiger partial charge in [0.15, 0.2) is 0 Å². The Hall–Kier alpha value is -3.49. The fourth-order valence-electron chi connectivity index (χ4n) is 2.42. The standard InChI is InChI=1S/C13H8N6O3/c20-12-6-10(7-1-2-8-9(5-7)16-17-15-8)18(13(21)22)11-3-4-14-19(11)12/h1-6H,(H,21,22)(H,15,16,17). The molecule has 108 valence electrons. The third-order valence-electron chi connectivity index (χ3n) is 3.37. The lowest BCUT2D eigenvalue weighted by Gasteiger charge is -2.10. The van der Waals surface area contributed by atoms with Gasteiger partial charge in [-0.1, -0.05) is 11.3 Å². The Morgan fingerprint density at radius 3 is 2.91 bits per heavy atom. The topological polar surface area (TPSA) is 118 Å². The van der Waals surface area contributed by atoms with Gasteiger partial charge in [0.25, 0.3) is 5.56 Å². The maximum atomic E-state index is 12.1. The zero-order valence-corrected chi connectivity index (χ0v) is 11.0. The molecule has 3 heterocycles. The fourth-order valence-corrected chi connectivity index (χ4v) is 2.42. The van der Waals surface area contributed by atoms with Crippen molar-refractivity contribution in [2.24, 2.45) is 0 Å². The van der Waals surface area contributed by atoms with E-state index in [0.29, 0.717) is 11.1 Å². The molecule has 0 amide bonds. The summed E-state index contributed by atoms with van der Waals surface area (Å²) in [5.74, 6) is 0. The molecular formula is C13H8N6O3. The second-order valence-electron chi connectivity index (χ2n) is 4.63. The zero-order chi connectivity index (χ0) is 15.3. The van der Waals surface area contributed by atoms with Crippen LogP contribution in [0.3, 0.4) is 0 Å². The van der Waals surface area contributed by atoms with Crippen molar-refractivity contribution < 1.29 is 9.90 Å². The number of rotatable bonds is 1. The third kappa shape index (κ3) is 1.62. The number of benzene rings is 1. The number of H-pyrrole nitrogens is 1. The monoisotopic (exact) mass is 296 g/mol. The highest BCUT2D eigenvalue weighted by Gasteiger charge is 2.16. The van der Waals surface area contributed by atoms with Crippen LogP contribution in [0.15, 0.2) is 41.3 Å². The van der Waals surface area contributed by atoms with Crippen LogP contribution in [0, 0.1) is 0 Å². The quantitative estimate of drug-likeness (QED) is 0.540. The summed E-state index contributed by atoms with van der Waals surface area (Å²) < 4.78 is 2.04. The van der Waals surface area contributed by atoms with Crippen LogP contribution >= 0.6 is 0 Å². The van der Waals surface area contributed by atoms with E-state index in [9.17, 15) is 14.7 Å². The molecule has 1 aromatic carbocycles. The molecule has 0 atom stereocenters. The first-order valence-corrected chi connectivity index (χ1v) is 6.29. The fraction of sp³-hybridized carbons (Fsp3) is 0. The Kier molecular flexibility index (Phi) is 2.37. The summed E-state index contributed by atoms with van der Waals surface area (Å²) >= 11 is 0. The highest BCUT2D eigenvalue weighted by Crippen LogP contribution is 2.23. The van der Waals surface area contributed by atoms with Crippen molar-refractivity contribution in [3.8, 4) is 11.3 Å². The van der Waals surface area contributed by atoms with E-state index < -0.39 is 11.7 Å². The van der Waals surface area contributed by atoms with E-state index in [1.54, 1.807) is 18.2 Å². The van der Waals surface area contributed by atoms with Gasteiger partial charge in [-0.2, -0.15) is 9.61 Å². The Balaban J connectivity index is 2.10. The highest BCUT2D eigenvalue weighted by atomic mass is 16.4. The molecule has 22 heavy (non-hydrogen) atoms. The molecule has 4 aromatic rings. The molecule has 0 unspecified atom stereocenters. The molecule has 0 aliphatic carbocycles. The number of carbonyl (C=O) groups is 1. The van der Waals surface area contributed by atoms with E-state index in [1.807, 2.05) is 0 Å². The van der Waals surface area contributed by atoms with Gasteiger partial charge in [0, 0.05) is 17.7 Å². The summed E-state index contributed by atoms with van der Waals surface area (Å²) in [5.41, 5.74) is 1.86. The van der Waals surface area contributed by atoms with E-state index in [-0.39, 0.29) is 11.3 Å². The van der Waals surface area contributed by atoms with Gasteiger partial charge >= 0.3 is 6.09 Å². The molecule has 4 rings (SSSR count). The van der Waals surface area contributed by atoms with Crippen molar-refractivity contribution in [1.82, 2.24) is 29.6 Å². The van der Waals surface area contributed by atoms with Crippen LogP contribution in [0.1, 0.15) is 0 Å². The van der Waals surface area contributed by atoms with Crippen LogP contribution in [-0.2, 0) is 0 Å². The predicted octanol–water partition coefficient (Wildman–Crippen LogP) is 0.960. The predicted molar refractivity (Wildman–Crippen MR) is 75.8 cm³/mol. The zero-order valence-electron chi connectivity index (χ0n) is 11.0. The molecule has 0 spiro atoms. The first-order chi connectivity index (χ1) is 10.6.